The molecule has 5 nitrogen and oxygen atoms in total. The van der Waals surface area contributed by atoms with Gasteiger partial charge in [0.05, 0.1) is 25.2 Å². The second-order valence-corrected chi connectivity index (χ2v) is 9.67. The second-order valence-electron chi connectivity index (χ2n) is 9.67. The van der Waals surface area contributed by atoms with Gasteiger partial charge in [0.15, 0.2) is 5.78 Å². The van der Waals surface area contributed by atoms with Gasteiger partial charge in [0.2, 0.25) is 0 Å². The molecule has 0 radical (unpaired) electrons. The van der Waals surface area contributed by atoms with Crippen LogP contribution in [-0.2, 0) is 14.9 Å². The lowest BCUT2D eigenvalue weighted by molar-refractivity contribution is -0.142. The first kappa shape index (κ1) is 16.5. The van der Waals surface area contributed by atoms with Gasteiger partial charge in [-0.2, -0.15) is 0 Å². The molecule has 4 rings (SSSR count). The summed E-state index contributed by atoms with van der Waals surface area (Å²) in [7, 11) is 0. The molecule has 0 amide bonds. The van der Waals surface area contributed by atoms with Crippen LogP contribution in [0.1, 0.15) is 86.4 Å². The van der Waals surface area contributed by atoms with Crippen molar-refractivity contribution in [3.8, 4) is 0 Å². The molecule has 5 heteroatoms. The number of carboxylic acid groups (broad SMARTS) is 1. The van der Waals surface area contributed by atoms with E-state index in [1.54, 1.807) is 38.1 Å². The van der Waals surface area contributed by atoms with Crippen molar-refractivity contribution in [3.05, 3.63) is 107 Å². The molecule has 1 heterocycles. The number of rotatable bonds is 11. The number of ether oxygens (including phenoxy) is 1. The minimum Gasteiger partial charge on any atom is -0.481 e. The molecule has 37 heavy (non-hydrogen) atoms. The van der Waals surface area contributed by atoms with Crippen molar-refractivity contribution in [1.29, 1.82) is 0 Å². The monoisotopic (exact) mass is 509 g/mol. The molecule has 0 bridgehead atoms. The maximum absolute atomic E-state index is 12.8. The van der Waals surface area contributed by atoms with Gasteiger partial charge in [-0.25, -0.2) is 0 Å². The summed E-state index contributed by atoms with van der Waals surface area (Å²) < 4.78 is 88.9. The summed E-state index contributed by atoms with van der Waals surface area (Å²) in [6.45, 7) is 4.95. The van der Waals surface area contributed by atoms with Gasteiger partial charge in [-0.1, -0.05) is 84.7 Å². The predicted molar refractivity (Wildman–Crippen MR) is 146 cm³/mol. The molecule has 1 aliphatic heterocycles. The maximum Gasteiger partial charge on any atom is 0.313 e. The Balaban J connectivity index is 1.46. The van der Waals surface area contributed by atoms with E-state index in [4.69, 9.17) is 18.4 Å². The Morgan fingerprint density at radius 1 is 0.973 bits per heavy atom. The molecule has 0 aliphatic carbocycles. The molecule has 0 unspecified atom stereocenters. The quantitative estimate of drug-likeness (QED) is 0.308. The first-order valence-electron chi connectivity index (χ1n) is 17.4. The zero-order chi connectivity index (χ0) is 35.0. The number of carboxylic acids is 1. The van der Waals surface area contributed by atoms with Crippen molar-refractivity contribution >= 4 is 11.8 Å². The summed E-state index contributed by atoms with van der Waals surface area (Å²) >= 11 is 0. The number of hydrogen-bond acceptors (Lipinski definition) is 4. The van der Waals surface area contributed by atoms with Crippen LogP contribution in [0.4, 0.5) is 0 Å². The molecule has 0 atom stereocenters. The van der Waals surface area contributed by atoms with Crippen LogP contribution in [0, 0.1) is 0 Å². The van der Waals surface area contributed by atoms with Gasteiger partial charge in [-0.3, -0.25) is 9.59 Å². The molecule has 0 aromatic heterocycles. The van der Waals surface area contributed by atoms with Gasteiger partial charge in [0.25, 0.3) is 0 Å². The lowest BCUT2D eigenvalue weighted by Gasteiger charge is -2.34. The normalized spacial score (nSPS) is 18.9. The number of Topliss-reactive ketones (excluding diaryl/α,β-unsaturated/α-hetero) is 1. The molecular formula is C32H37NO4. The van der Waals surface area contributed by atoms with E-state index in [-0.39, 0.29) is 16.9 Å². The van der Waals surface area contributed by atoms with Gasteiger partial charge in [0.1, 0.15) is 6.10 Å². The molecule has 1 N–H and O–H groups in total. The van der Waals surface area contributed by atoms with E-state index in [1.165, 1.54) is 0 Å². The molecule has 0 spiro atoms. The van der Waals surface area contributed by atoms with Crippen molar-refractivity contribution in [2.45, 2.75) is 57.2 Å². The number of likely N-dealkylation sites (tertiary alicyclic amines) is 1. The Morgan fingerprint density at radius 3 is 2.03 bits per heavy atom. The van der Waals surface area contributed by atoms with Crippen molar-refractivity contribution in [3.63, 3.8) is 0 Å². The van der Waals surface area contributed by atoms with Crippen LogP contribution < -0.4 is 0 Å². The molecule has 3 aromatic carbocycles. The fraction of sp³-hybridized carbons (Fsp3) is 0.375. The third-order valence-corrected chi connectivity index (χ3v) is 6.77. The van der Waals surface area contributed by atoms with Crippen LogP contribution in [0.15, 0.2) is 84.7 Å². The average Bonchev–Trinajstić information content (AvgIpc) is 3.05. The summed E-state index contributed by atoms with van der Waals surface area (Å²) in [5.74, 6) is -1.01. The van der Waals surface area contributed by atoms with E-state index in [0.29, 0.717) is 56.4 Å². The molecule has 0 saturated carbocycles. The average molecular weight is 510 g/mol. The van der Waals surface area contributed by atoms with Crippen LogP contribution in [0.2, 0.25) is 0 Å². The summed E-state index contributed by atoms with van der Waals surface area (Å²) in [5.41, 5.74) is -0.550. The number of nitrogens with zero attached hydrogens (tertiary/aromatic N) is 1. The zero-order valence-corrected chi connectivity index (χ0v) is 21.0. The van der Waals surface area contributed by atoms with Crippen LogP contribution >= 0.6 is 0 Å². The molecule has 1 aliphatic rings. The van der Waals surface area contributed by atoms with E-state index in [9.17, 15) is 14.7 Å². The Bertz CT molecular complexity index is 1560. The van der Waals surface area contributed by atoms with E-state index in [2.05, 4.69) is 4.90 Å². The standard InChI is InChI=1S/C32H37NO4/c1-32(2,31(35)36)27-17-15-24(16-18-27)29(34)14-9-21-33-22-19-28(20-23-33)37-30(25-10-5-3-6-11-25)26-12-7-4-8-13-26/h3-8,10-13,15-18,28,30H,9,14,19-23H2,1-2H3,(H,35,36)/i3D,4D,5D,6D,7D,8D,10D,11D,12D,13D. The van der Waals surface area contributed by atoms with Crippen LogP contribution in [-0.4, -0.2) is 47.5 Å². The highest BCUT2D eigenvalue weighted by Gasteiger charge is 2.29. The summed E-state index contributed by atoms with van der Waals surface area (Å²) in [4.78, 5) is 26.4. The highest BCUT2D eigenvalue weighted by Crippen LogP contribution is 2.30. The number of ketones is 1. The van der Waals surface area contributed by atoms with Crippen molar-refractivity contribution in [1.82, 2.24) is 4.90 Å². The number of carbonyl (C=O) groups excluding carboxylic acids is 1. The minimum absolute atomic E-state index is 0.0528. The number of hydrogen-bond donors (Lipinski definition) is 1. The minimum atomic E-state index is -1.51. The summed E-state index contributed by atoms with van der Waals surface area (Å²) in [6, 6.07) is 0.608. The topological polar surface area (TPSA) is 66.8 Å². The fourth-order valence-electron chi connectivity index (χ4n) is 4.33. The number of benzene rings is 3. The molecule has 3 aromatic rings. The van der Waals surface area contributed by atoms with E-state index < -0.39 is 84.0 Å². The first-order chi connectivity index (χ1) is 22.0. The third kappa shape index (κ3) is 6.94. The maximum atomic E-state index is 12.8. The molecular weight excluding hydrogens is 462 g/mol. The van der Waals surface area contributed by atoms with E-state index in [1.807, 2.05) is 0 Å². The number of carbonyl (C=O) groups is 2. The van der Waals surface area contributed by atoms with E-state index in [0.717, 1.165) is 0 Å². The van der Waals surface area contributed by atoms with Crippen LogP contribution in [0.3, 0.4) is 0 Å². The Hall–Kier alpha value is -3.28. The molecule has 1 saturated heterocycles. The van der Waals surface area contributed by atoms with Crippen LogP contribution in [0.25, 0.3) is 0 Å². The van der Waals surface area contributed by atoms with Gasteiger partial charge in [0, 0.05) is 25.1 Å². The lowest BCUT2D eigenvalue weighted by atomic mass is 9.84. The largest absolute Gasteiger partial charge is 0.481 e. The highest BCUT2D eigenvalue weighted by molar-refractivity contribution is 5.96. The summed E-state index contributed by atoms with van der Waals surface area (Å²) in [5, 5.41) is 9.43. The fourth-order valence-corrected chi connectivity index (χ4v) is 4.33. The highest BCUT2D eigenvalue weighted by atomic mass is 16.5. The van der Waals surface area contributed by atoms with Gasteiger partial charge in [-0.15, -0.1) is 0 Å². The number of aliphatic carboxylic acids is 1. The molecule has 194 valence electrons. The Morgan fingerprint density at radius 2 is 1.51 bits per heavy atom. The smallest absolute Gasteiger partial charge is 0.313 e. The van der Waals surface area contributed by atoms with Crippen molar-refractivity contribution in [2.75, 3.05) is 19.6 Å². The lowest BCUT2D eigenvalue weighted by Crippen LogP contribution is -2.38. The first-order valence-corrected chi connectivity index (χ1v) is 12.4. The van der Waals surface area contributed by atoms with Gasteiger partial charge in [-0.05, 0) is 56.3 Å². The van der Waals surface area contributed by atoms with Gasteiger partial charge >= 0.3 is 5.97 Å². The number of piperidine rings is 1. The molecule has 1 fully saturated rings. The van der Waals surface area contributed by atoms with Gasteiger partial charge < -0.3 is 14.7 Å². The van der Waals surface area contributed by atoms with Crippen molar-refractivity contribution < 1.29 is 33.1 Å². The zero-order valence-electron chi connectivity index (χ0n) is 31.0. The Kier molecular flexibility index (Phi) is 5.50. The van der Waals surface area contributed by atoms with Crippen LogP contribution in [0.5, 0.6) is 0 Å². The SMILES string of the molecule is [2H]c1c([2H])c([2H])c(C(OC2CCN(CCCC(=O)c3ccc(C(C)(C)C(=O)O)cc3)CC2)c2c([2H])c([2H])c([2H])c([2H])c2[2H])c([2H])c1[2H]. The third-order valence-electron chi connectivity index (χ3n) is 6.77. The van der Waals surface area contributed by atoms with Crippen molar-refractivity contribution in [2.24, 2.45) is 0 Å². The second kappa shape index (κ2) is 12.3. The Labute approximate surface area is 234 Å². The summed E-state index contributed by atoms with van der Waals surface area (Å²) in [6.07, 6.45) is -0.224. The predicted octanol–water partition coefficient (Wildman–Crippen LogP) is 6.28. The van der Waals surface area contributed by atoms with E-state index >= 15 is 0 Å².